The summed E-state index contributed by atoms with van der Waals surface area (Å²) in [4.78, 5) is 0. The predicted octanol–water partition coefficient (Wildman–Crippen LogP) is 0.933. The van der Waals surface area contributed by atoms with Gasteiger partial charge in [-0.25, -0.2) is 0 Å². The number of hydrogen-bond donors (Lipinski definition) is 1. The van der Waals surface area contributed by atoms with Gasteiger partial charge in [-0.1, -0.05) is 0 Å². The molecule has 0 saturated carbocycles. The van der Waals surface area contributed by atoms with Crippen LogP contribution in [-0.4, -0.2) is 17.4 Å². The zero-order valence-electron chi connectivity index (χ0n) is 4.44. The molecule has 9 heavy (non-hydrogen) atoms. The molecule has 0 fully saturated rings. The van der Waals surface area contributed by atoms with E-state index < -0.39 is 18.7 Å². The van der Waals surface area contributed by atoms with Crippen molar-refractivity contribution in [3.8, 4) is 12.3 Å². The molecule has 0 aliphatic carbocycles. The van der Waals surface area contributed by atoms with Crippen LogP contribution in [0.1, 0.15) is 6.42 Å². The molecule has 1 unspecified atom stereocenters. The van der Waals surface area contributed by atoms with E-state index in [1.807, 2.05) is 0 Å². The SMILES string of the molecule is C#CCC(O)C(F)(F)F. The molecule has 0 radical (unpaired) electrons. The van der Waals surface area contributed by atoms with Gasteiger partial charge in [0.2, 0.25) is 0 Å². The van der Waals surface area contributed by atoms with Crippen LogP contribution < -0.4 is 0 Å². The Morgan fingerprint density at radius 1 is 1.56 bits per heavy atom. The lowest BCUT2D eigenvalue weighted by molar-refractivity contribution is -0.201. The van der Waals surface area contributed by atoms with Crippen LogP contribution >= 0.6 is 0 Å². The van der Waals surface area contributed by atoms with Gasteiger partial charge in [0.1, 0.15) is 0 Å². The highest BCUT2D eigenvalue weighted by Gasteiger charge is 2.37. The molecule has 0 aromatic carbocycles. The maximum absolute atomic E-state index is 11.3. The summed E-state index contributed by atoms with van der Waals surface area (Å²) in [7, 11) is 0. The van der Waals surface area contributed by atoms with Crippen molar-refractivity contribution in [2.45, 2.75) is 18.7 Å². The predicted molar refractivity (Wildman–Crippen MR) is 25.5 cm³/mol. The average Bonchev–Trinajstić information content (AvgIpc) is 1.64. The Morgan fingerprint density at radius 3 is 2.11 bits per heavy atom. The number of aliphatic hydroxyl groups excluding tert-OH is 1. The molecular weight excluding hydrogens is 133 g/mol. The van der Waals surface area contributed by atoms with E-state index in [1.165, 1.54) is 0 Å². The number of aliphatic hydroxyl groups is 1. The highest BCUT2D eigenvalue weighted by Crippen LogP contribution is 2.21. The molecule has 0 saturated heterocycles. The van der Waals surface area contributed by atoms with Crippen molar-refractivity contribution in [2.24, 2.45) is 0 Å². The Hall–Kier alpha value is -0.690. The molecule has 0 aliphatic rings. The fourth-order valence-electron chi connectivity index (χ4n) is 0.227. The van der Waals surface area contributed by atoms with Crippen LogP contribution in [0, 0.1) is 12.3 Å². The minimum Gasteiger partial charge on any atom is -0.383 e. The lowest BCUT2D eigenvalue weighted by atomic mass is 10.2. The third-order valence-electron chi connectivity index (χ3n) is 0.689. The zero-order valence-corrected chi connectivity index (χ0v) is 4.44. The maximum Gasteiger partial charge on any atom is 0.415 e. The number of halogens is 3. The van der Waals surface area contributed by atoms with Crippen LogP contribution in [-0.2, 0) is 0 Å². The summed E-state index contributed by atoms with van der Waals surface area (Å²) < 4.78 is 33.9. The first-order chi connectivity index (χ1) is 3.98. The second kappa shape index (κ2) is 2.74. The molecule has 0 heterocycles. The van der Waals surface area contributed by atoms with E-state index in [2.05, 4.69) is 6.42 Å². The highest BCUT2D eigenvalue weighted by molar-refractivity contribution is 4.88. The van der Waals surface area contributed by atoms with E-state index >= 15 is 0 Å². The van der Waals surface area contributed by atoms with E-state index in [9.17, 15) is 13.2 Å². The van der Waals surface area contributed by atoms with Crippen LogP contribution in [0.4, 0.5) is 13.2 Å². The van der Waals surface area contributed by atoms with E-state index in [4.69, 9.17) is 5.11 Å². The van der Waals surface area contributed by atoms with Gasteiger partial charge >= 0.3 is 6.18 Å². The monoisotopic (exact) mass is 138 g/mol. The summed E-state index contributed by atoms with van der Waals surface area (Å²) in [6, 6.07) is 0. The van der Waals surface area contributed by atoms with Gasteiger partial charge in [-0.3, -0.25) is 0 Å². The van der Waals surface area contributed by atoms with Gasteiger partial charge in [0.25, 0.3) is 0 Å². The van der Waals surface area contributed by atoms with Gasteiger partial charge in [-0.15, -0.1) is 12.3 Å². The first-order valence-corrected chi connectivity index (χ1v) is 2.16. The molecule has 1 nitrogen and oxygen atoms in total. The molecule has 1 atom stereocenters. The third-order valence-corrected chi connectivity index (χ3v) is 0.689. The summed E-state index contributed by atoms with van der Waals surface area (Å²) in [5.74, 6) is 1.70. The average molecular weight is 138 g/mol. The van der Waals surface area contributed by atoms with Crippen molar-refractivity contribution >= 4 is 0 Å². The summed E-state index contributed by atoms with van der Waals surface area (Å²) in [5, 5.41) is 8.12. The van der Waals surface area contributed by atoms with Crippen molar-refractivity contribution < 1.29 is 18.3 Å². The van der Waals surface area contributed by atoms with Crippen LogP contribution in [0.5, 0.6) is 0 Å². The Balaban J connectivity index is 3.76. The standard InChI is InChI=1S/C5H5F3O/c1-2-3-4(9)5(6,7)8/h1,4,9H,3H2. The minimum absolute atomic E-state index is 0.677. The minimum atomic E-state index is -4.58. The van der Waals surface area contributed by atoms with Crippen LogP contribution in [0.25, 0.3) is 0 Å². The van der Waals surface area contributed by atoms with Gasteiger partial charge in [0.15, 0.2) is 6.10 Å². The number of alkyl halides is 3. The third kappa shape index (κ3) is 2.98. The quantitative estimate of drug-likeness (QED) is 0.534. The largest absolute Gasteiger partial charge is 0.415 e. The van der Waals surface area contributed by atoms with E-state index in [0.29, 0.717) is 0 Å². The second-order valence-corrected chi connectivity index (χ2v) is 1.47. The first kappa shape index (κ1) is 8.31. The fraction of sp³-hybridized carbons (Fsp3) is 0.600. The Kier molecular flexibility index (Phi) is 2.53. The van der Waals surface area contributed by atoms with Gasteiger partial charge in [0, 0.05) is 6.42 Å². The smallest absolute Gasteiger partial charge is 0.383 e. The van der Waals surface area contributed by atoms with Crippen LogP contribution in [0.3, 0.4) is 0 Å². The van der Waals surface area contributed by atoms with Crippen LogP contribution in [0.2, 0.25) is 0 Å². The van der Waals surface area contributed by atoms with E-state index in [-0.39, 0.29) is 0 Å². The number of terminal acetylenes is 1. The lowest BCUT2D eigenvalue weighted by Gasteiger charge is -2.10. The van der Waals surface area contributed by atoms with Crippen molar-refractivity contribution in [2.75, 3.05) is 0 Å². The molecule has 0 spiro atoms. The molecule has 0 amide bonds. The fourth-order valence-corrected chi connectivity index (χ4v) is 0.227. The normalized spacial score (nSPS) is 14.6. The summed E-state index contributed by atoms with van der Waals surface area (Å²) in [5.41, 5.74) is 0. The molecule has 0 aromatic heterocycles. The zero-order chi connectivity index (χ0) is 7.49. The summed E-state index contributed by atoms with van der Waals surface area (Å²) >= 11 is 0. The molecule has 4 heteroatoms. The highest BCUT2D eigenvalue weighted by atomic mass is 19.4. The van der Waals surface area contributed by atoms with Gasteiger partial charge in [0.05, 0.1) is 0 Å². The van der Waals surface area contributed by atoms with Crippen molar-refractivity contribution in [3.63, 3.8) is 0 Å². The van der Waals surface area contributed by atoms with Crippen molar-refractivity contribution in [1.82, 2.24) is 0 Å². The van der Waals surface area contributed by atoms with Gasteiger partial charge in [-0.2, -0.15) is 13.2 Å². The molecule has 0 aromatic rings. The topological polar surface area (TPSA) is 20.2 Å². The summed E-state index contributed by atoms with van der Waals surface area (Å²) in [6.07, 6.45) is -3.11. The number of hydrogen-bond acceptors (Lipinski definition) is 1. The first-order valence-electron chi connectivity index (χ1n) is 2.16. The lowest BCUT2D eigenvalue weighted by Crippen LogP contribution is -2.27. The Labute approximate surface area is 50.5 Å². The van der Waals surface area contributed by atoms with Crippen molar-refractivity contribution in [1.29, 1.82) is 0 Å². The van der Waals surface area contributed by atoms with E-state index in [1.54, 1.807) is 5.92 Å². The van der Waals surface area contributed by atoms with Crippen LogP contribution in [0.15, 0.2) is 0 Å². The maximum atomic E-state index is 11.3. The molecule has 52 valence electrons. The molecule has 0 bridgehead atoms. The van der Waals surface area contributed by atoms with Gasteiger partial charge < -0.3 is 5.11 Å². The molecule has 0 aliphatic heterocycles. The Morgan fingerprint density at radius 2 is 2.00 bits per heavy atom. The van der Waals surface area contributed by atoms with Gasteiger partial charge in [-0.05, 0) is 0 Å². The van der Waals surface area contributed by atoms with E-state index in [0.717, 1.165) is 0 Å². The Bertz CT molecular complexity index is 121. The molecule has 0 rings (SSSR count). The molecule has 1 N–H and O–H groups in total. The second-order valence-electron chi connectivity index (χ2n) is 1.47. The summed E-state index contributed by atoms with van der Waals surface area (Å²) in [6.45, 7) is 0. The molecular formula is C5H5F3O. The number of rotatable bonds is 1. The van der Waals surface area contributed by atoms with Crippen molar-refractivity contribution in [3.05, 3.63) is 0 Å².